The van der Waals surface area contributed by atoms with Gasteiger partial charge >= 0.3 is 0 Å². The minimum atomic E-state index is 0.605. The van der Waals surface area contributed by atoms with E-state index in [1.807, 2.05) is 13.0 Å². The molecule has 1 heterocycles. The summed E-state index contributed by atoms with van der Waals surface area (Å²) in [4.78, 5) is 4.55. The summed E-state index contributed by atoms with van der Waals surface area (Å²) in [5.41, 5.74) is 4.56. The lowest BCUT2D eigenvalue weighted by Gasteiger charge is -2.06. The van der Waals surface area contributed by atoms with Gasteiger partial charge in [0.1, 0.15) is 11.3 Å². The molecular formula is C18H22Cl2N2. The summed E-state index contributed by atoms with van der Waals surface area (Å²) >= 11 is 12.3. The number of halogens is 2. The number of nitrogens with zero attached hydrogens (tertiary/aromatic N) is 2. The smallest absolute Gasteiger partial charge is 0.107 e. The van der Waals surface area contributed by atoms with E-state index in [1.165, 1.54) is 11.1 Å². The largest absolute Gasteiger partial charge is 0.324 e. The second-order valence-electron chi connectivity index (χ2n) is 5.90. The van der Waals surface area contributed by atoms with Gasteiger partial charge in [0.2, 0.25) is 0 Å². The fraction of sp³-hybridized carbons (Fsp3) is 0.389. The summed E-state index contributed by atoms with van der Waals surface area (Å²) in [7, 11) is 0. The maximum atomic E-state index is 6.23. The first kappa shape index (κ1) is 17.1. The Labute approximate surface area is 142 Å². The van der Waals surface area contributed by atoms with Gasteiger partial charge in [-0.15, -0.1) is 0 Å². The van der Waals surface area contributed by atoms with Crippen molar-refractivity contribution in [2.24, 2.45) is 0 Å². The fourth-order valence-corrected chi connectivity index (χ4v) is 2.96. The maximum absolute atomic E-state index is 6.23. The molecule has 0 atom stereocenters. The number of allylic oxidation sites excluding steroid dienone is 4. The fourth-order valence-electron chi connectivity index (χ4n) is 2.43. The molecule has 0 fully saturated rings. The van der Waals surface area contributed by atoms with Crippen LogP contribution in [0.4, 0.5) is 0 Å². The van der Waals surface area contributed by atoms with Crippen LogP contribution in [0.2, 0.25) is 10.0 Å². The molecule has 0 N–H and O–H groups in total. The lowest BCUT2D eigenvalue weighted by atomic mass is 10.1. The van der Waals surface area contributed by atoms with Gasteiger partial charge in [0.25, 0.3) is 0 Å². The summed E-state index contributed by atoms with van der Waals surface area (Å²) < 4.78 is 2.15. The highest BCUT2D eigenvalue weighted by Crippen LogP contribution is 2.28. The number of aromatic nitrogens is 2. The zero-order valence-electron chi connectivity index (χ0n) is 13.6. The zero-order chi connectivity index (χ0) is 16.3. The highest BCUT2D eigenvalue weighted by molar-refractivity contribution is 6.38. The Balaban J connectivity index is 2.21. The van der Waals surface area contributed by atoms with Crippen LogP contribution < -0.4 is 0 Å². The number of rotatable bonds is 5. The molecular weight excluding hydrogens is 315 g/mol. The predicted octanol–water partition coefficient (Wildman–Crippen LogP) is 6.34. The molecule has 1 aromatic carbocycles. The highest BCUT2D eigenvalue weighted by Gasteiger charge is 2.10. The Hall–Kier alpha value is -1.25. The molecule has 0 saturated heterocycles. The Morgan fingerprint density at radius 3 is 2.59 bits per heavy atom. The van der Waals surface area contributed by atoms with Crippen LogP contribution in [0, 0.1) is 6.92 Å². The monoisotopic (exact) mass is 336 g/mol. The van der Waals surface area contributed by atoms with E-state index in [0.717, 1.165) is 36.2 Å². The normalized spacial score (nSPS) is 12.0. The van der Waals surface area contributed by atoms with Crippen molar-refractivity contribution in [3.63, 3.8) is 0 Å². The van der Waals surface area contributed by atoms with E-state index in [-0.39, 0.29) is 0 Å². The van der Waals surface area contributed by atoms with Crippen molar-refractivity contribution in [2.75, 3.05) is 0 Å². The van der Waals surface area contributed by atoms with Gasteiger partial charge in [-0.25, -0.2) is 4.98 Å². The lowest BCUT2D eigenvalue weighted by Crippen LogP contribution is -1.98. The van der Waals surface area contributed by atoms with Gasteiger partial charge in [0, 0.05) is 11.6 Å². The molecule has 0 aliphatic carbocycles. The Kier molecular flexibility index (Phi) is 5.71. The topological polar surface area (TPSA) is 17.8 Å². The van der Waals surface area contributed by atoms with Gasteiger partial charge in [-0.1, -0.05) is 46.5 Å². The average molecular weight is 337 g/mol. The molecule has 0 saturated carbocycles. The number of benzene rings is 1. The standard InChI is InChI=1S/C18H22Cl2N2/c1-12(2)6-5-7-13(3)8-9-22-14(4)21-18-16(20)10-15(19)11-17(18)22/h6,8,10-11H,5,7,9H2,1-4H3. The van der Waals surface area contributed by atoms with Crippen molar-refractivity contribution in [3.8, 4) is 0 Å². The van der Waals surface area contributed by atoms with E-state index in [0.29, 0.717) is 10.0 Å². The zero-order valence-corrected chi connectivity index (χ0v) is 15.1. The third-order valence-corrected chi connectivity index (χ3v) is 4.18. The van der Waals surface area contributed by atoms with E-state index >= 15 is 0 Å². The van der Waals surface area contributed by atoms with Gasteiger partial charge in [-0.3, -0.25) is 0 Å². The van der Waals surface area contributed by atoms with Crippen molar-refractivity contribution < 1.29 is 0 Å². The van der Waals surface area contributed by atoms with Crippen LogP contribution in [-0.4, -0.2) is 9.55 Å². The molecule has 2 rings (SSSR count). The highest BCUT2D eigenvalue weighted by atomic mass is 35.5. The molecule has 2 nitrogen and oxygen atoms in total. The van der Waals surface area contributed by atoms with Crippen LogP contribution in [0.25, 0.3) is 11.0 Å². The number of hydrogen-bond acceptors (Lipinski definition) is 1. The van der Waals surface area contributed by atoms with Crippen molar-refractivity contribution in [1.82, 2.24) is 9.55 Å². The molecule has 118 valence electrons. The van der Waals surface area contributed by atoms with Crippen LogP contribution in [0.1, 0.15) is 39.4 Å². The van der Waals surface area contributed by atoms with Crippen LogP contribution in [-0.2, 0) is 6.54 Å². The Morgan fingerprint density at radius 1 is 1.18 bits per heavy atom. The quantitative estimate of drug-likeness (QED) is 0.582. The van der Waals surface area contributed by atoms with Crippen molar-refractivity contribution in [2.45, 2.75) is 47.1 Å². The number of hydrogen-bond donors (Lipinski definition) is 0. The molecule has 0 aliphatic rings. The van der Waals surface area contributed by atoms with E-state index in [2.05, 4.69) is 42.5 Å². The average Bonchev–Trinajstić information content (AvgIpc) is 2.72. The van der Waals surface area contributed by atoms with Gasteiger partial charge in [-0.05, 0) is 52.7 Å². The summed E-state index contributed by atoms with van der Waals surface area (Å²) in [6, 6.07) is 3.66. The van der Waals surface area contributed by atoms with Crippen LogP contribution in [0.15, 0.2) is 35.4 Å². The Bertz CT molecular complexity index is 735. The molecule has 0 unspecified atom stereocenters. The number of imidazole rings is 1. The summed E-state index contributed by atoms with van der Waals surface area (Å²) in [5.74, 6) is 0.951. The summed E-state index contributed by atoms with van der Waals surface area (Å²) in [6.45, 7) is 9.23. The number of fused-ring (bicyclic) bond motifs is 1. The molecule has 0 amide bonds. The molecule has 4 heteroatoms. The third-order valence-electron chi connectivity index (χ3n) is 3.68. The number of aryl methyl sites for hydroxylation is 1. The van der Waals surface area contributed by atoms with E-state index in [1.54, 1.807) is 6.07 Å². The van der Waals surface area contributed by atoms with E-state index in [9.17, 15) is 0 Å². The molecule has 0 aliphatic heterocycles. The van der Waals surface area contributed by atoms with Gasteiger partial charge in [0.05, 0.1) is 10.5 Å². The van der Waals surface area contributed by atoms with Crippen molar-refractivity contribution in [1.29, 1.82) is 0 Å². The van der Waals surface area contributed by atoms with Crippen LogP contribution in [0.3, 0.4) is 0 Å². The molecule has 0 radical (unpaired) electrons. The van der Waals surface area contributed by atoms with Crippen molar-refractivity contribution in [3.05, 3.63) is 51.3 Å². The van der Waals surface area contributed by atoms with Gasteiger partial charge in [0.15, 0.2) is 0 Å². The second-order valence-corrected chi connectivity index (χ2v) is 6.74. The first-order chi connectivity index (χ1) is 10.4. The SMILES string of the molecule is CC(C)=CCCC(C)=CCn1c(C)nc2c(Cl)cc(Cl)cc21. The van der Waals surface area contributed by atoms with Crippen LogP contribution in [0.5, 0.6) is 0 Å². The molecule has 0 bridgehead atoms. The first-order valence-electron chi connectivity index (χ1n) is 7.49. The Morgan fingerprint density at radius 2 is 1.91 bits per heavy atom. The minimum absolute atomic E-state index is 0.605. The third kappa shape index (κ3) is 4.15. The second kappa shape index (κ2) is 7.34. The van der Waals surface area contributed by atoms with Gasteiger partial charge in [-0.2, -0.15) is 0 Å². The first-order valence-corrected chi connectivity index (χ1v) is 8.25. The molecule has 1 aromatic heterocycles. The van der Waals surface area contributed by atoms with Crippen LogP contribution >= 0.6 is 23.2 Å². The summed E-state index contributed by atoms with van der Waals surface area (Å²) in [6.07, 6.45) is 6.70. The predicted molar refractivity (Wildman–Crippen MR) is 96.9 cm³/mol. The molecule has 0 spiro atoms. The summed E-state index contributed by atoms with van der Waals surface area (Å²) in [5, 5.41) is 1.25. The van der Waals surface area contributed by atoms with Gasteiger partial charge < -0.3 is 4.57 Å². The van der Waals surface area contributed by atoms with Crippen molar-refractivity contribution >= 4 is 34.2 Å². The molecule has 22 heavy (non-hydrogen) atoms. The van der Waals surface area contributed by atoms with E-state index < -0.39 is 0 Å². The van der Waals surface area contributed by atoms with E-state index in [4.69, 9.17) is 23.2 Å². The minimum Gasteiger partial charge on any atom is -0.324 e. The lowest BCUT2D eigenvalue weighted by molar-refractivity contribution is 0.794. The molecule has 2 aromatic rings. The maximum Gasteiger partial charge on any atom is 0.107 e.